The number of esters is 1. The van der Waals surface area contributed by atoms with E-state index in [2.05, 4.69) is 19.9 Å². The second kappa shape index (κ2) is 4.60. The first-order valence-corrected chi connectivity index (χ1v) is 5.01. The molecular formula is C10H11N5O2. The van der Waals surface area contributed by atoms with Gasteiger partial charge in [-0.1, -0.05) is 0 Å². The monoisotopic (exact) mass is 233 g/mol. The van der Waals surface area contributed by atoms with E-state index in [1.165, 1.54) is 6.20 Å². The minimum atomic E-state index is -0.531. The van der Waals surface area contributed by atoms with Crippen molar-refractivity contribution >= 4 is 11.8 Å². The van der Waals surface area contributed by atoms with Gasteiger partial charge in [-0.3, -0.25) is 0 Å². The molecule has 0 aliphatic heterocycles. The van der Waals surface area contributed by atoms with E-state index in [9.17, 15) is 4.79 Å². The summed E-state index contributed by atoms with van der Waals surface area (Å²) in [5.74, 6) is 0.369. The van der Waals surface area contributed by atoms with E-state index in [4.69, 9.17) is 10.5 Å². The smallest absolute Gasteiger partial charge is 0.343 e. The molecule has 88 valence electrons. The van der Waals surface area contributed by atoms with Crippen molar-refractivity contribution in [3.05, 3.63) is 24.2 Å². The lowest BCUT2D eigenvalue weighted by atomic mass is 10.3. The fourth-order valence-electron chi connectivity index (χ4n) is 1.26. The molecule has 2 heterocycles. The molecule has 2 rings (SSSR count). The number of nitrogens with two attached hydrogens (primary N) is 1. The third-order valence-corrected chi connectivity index (χ3v) is 2.02. The number of imidazole rings is 1. The van der Waals surface area contributed by atoms with Crippen molar-refractivity contribution in [2.24, 2.45) is 0 Å². The van der Waals surface area contributed by atoms with E-state index in [1.54, 1.807) is 19.3 Å². The Morgan fingerprint density at radius 1 is 1.53 bits per heavy atom. The molecule has 2 aromatic rings. The summed E-state index contributed by atoms with van der Waals surface area (Å²) in [6, 6.07) is 0. The fourth-order valence-corrected chi connectivity index (χ4v) is 1.26. The summed E-state index contributed by atoms with van der Waals surface area (Å²) in [6.07, 6.45) is 4.56. The Morgan fingerprint density at radius 3 is 2.94 bits per heavy atom. The van der Waals surface area contributed by atoms with E-state index >= 15 is 0 Å². The maximum atomic E-state index is 11.5. The molecule has 0 bridgehead atoms. The van der Waals surface area contributed by atoms with Crippen molar-refractivity contribution in [2.75, 3.05) is 12.3 Å². The van der Waals surface area contributed by atoms with Crippen LogP contribution < -0.4 is 5.73 Å². The lowest BCUT2D eigenvalue weighted by molar-refractivity contribution is 0.0527. The number of anilines is 1. The zero-order valence-electron chi connectivity index (χ0n) is 9.17. The van der Waals surface area contributed by atoms with Crippen LogP contribution in [0.1, 0.15) is 17.3 Å². The molecule has 2 aromatic heterocycles. The first kappa shape index (κ1) is 11.1. The quantitative estimate of drug-likeness (QED) is 0.753. The van der Waals surface area contributed by atoms with E-state index in [1.807, 2.05) is 0 Å². The largest absolute Gasteiger partial charge is 0.462 e. The van der Waals surface area contributed by atoms with E-state index < -0.39 is 5.97 Å². The molecule has 0 aromatic carbocycles. The minimum Gasteiger partial charge on any atom is -0.462 e. The summed E-state index contributed by atoms with van der Waals surface area (Å²) >= 11 is 0. The van der Waals surface area contributed by atoms with Gasteiger partial charge < -0.3 is 15.5 Å². The number of hydrogen-bond acceptors (Lipinski definition) is 6. The Balaban J connectivity index is 2.32. The van der Waals surface area contributed by atoms with Gasteiger partial charge >= 0.3 is 5.97 Å². The van der Waals surface area contributed by atoms with Crippen molar-refractivity contribution < 1.29 is 9.53 Å². The molecule has 0 aliphatic carbocycles. The Hall–Kier alpha value is -2.44. The maximum Gasteiger partial charge on any atom is 0.343 e. The SMILES string of the molecule is CCOC(=O)c1cnc(-c2ncc[nH]2)nc1N. The predicted molar refractivity (Wildman–Crippen MR) is 60.0 cm³/mol. The van der Waals surface area contributed by atoms with E-state index in [-0.39, 0.29) is 18.0 Å². The predicted octanol–water partition coefficient (Wildman–Crippen LogP) is 0.626. The first-order chi connectivity index (χ1) is 8.22. The maximum absolute atomic E-state index is 11.5. The third kappa shape index (κ3) is 2.22. The lowest BCUT2D eigenvalue weighted by Gasteiger charge is -2.04. The number of ether oxygens (including phenoxy) is 1. The molecule has 0 unspecified atom stereocenters. The van der Waals surface area contributed by atoms with Gasteiger partial charge in [-0.25, -0.2) is 19.7 Å². The standard InChI is InChI=1S/C10H11N5O2/c1-2-17-10(16)6-5-14-9(15-7(6)11)8-12-3-4-13-8/h3-5H,2H2,1H3,(H,12,13)(H2,11,14,15). The molecule has 0 aliphatic rings. The van der Waals surface area contributed by atoms with Gasteiger partial charge in [-0.2, -0.15) is 0 Å². The van der Waals surface area contributed by atoms with Gasteiger partial charge in [0.05, 0.1) is 6.61 Å². The van der Waals surface area contributed by atoms with Gasteiger partial charge in [0, 0.05) is 18.6 Å². The average Bonchev–Trinajstić information content (AvgIpc) is 2.82. The number of nitrogens with zero attached hydrogens (tertiary/aromatic N) is 3. The average molecular weight is 233 g/mol. The summed E-state index contributed by atoms with van der Waals surface area (Å²) in [6.45, 7) is 1.99. The zero-order valence-corrected chi connectivity index (χ0v) is 9.17. The highest BCUT2D eigenvalue weighted by atomic mass is 16.5. The van der Waals surface area contributed by atoms with Crippen LogP contribution in [0.5, 0.6) is 0 Å². The summed E-state index contributed by atoms with van der Waals surface area (Å²) in [5, 5.41) is 0. The molecule has 0 amide bonds. The van der Waals surface area contributed by atoms with Gasteiger partial charge in [-0.15, -0.1) is 0 Å². The van der Waals surface area contributed by atoms with Gasteiger partial charge in [0.1, 0.15) is 11.4 Å². The molecule has 17 heavy (non-hydrogen) atoms. The van der Waals surface area contributed by atoms with Gasteiger partial charge in [0.15, 0.2) is 11.6 Å². The number of carbonyl (C=O) groups is 1. The highest BCUT2D eigenvalue weighted by Gasteiger charge is 2.14. The Kier molecular flexibility index (Phi) is 2.99. The molecule has 3 N–H and O–H groups in total. The van der Waals surface area contributed by atoms with Crippen molar-refractivity contribution in [3.63, 3.8) is 0 Å². The van der Waals surface area contributed by atoms with Crippen LogP contribution in [0.3, 0.4) is 0 Å². The van der Waals surface area contributed by atoms with Gasteiger partial charge in [0.25, 0.3) is 0 Å². The van der Waals surface area contributed by atoms with Gasteiger partial charge in [0.2, 0.25) is 0 Å². The van der Waals surface area contributed by atoms with Crippen molar-refractivity contribution in [1.82, 2.24) is 19.9 Å². The Labute approximate surface area is 97.1 Å². The van der Waals surface area contributed by atoms with Crippen LogP contribution >= 0.6 is 0 Å². The number of H-pyrrole nitrogens is 1. The highest BCUT2D eigenvalue weighted by molar-refractivity contribution is 5.93. The molecule has 0 spiro atoms. The Bertz CT molecular complexity index is 523. The zero-order chi connectivity index (χ0) is 12.3. The van der Waals surface area contributed by atoms with Crippen LogP contribution in [0.25, 0.3) is 11.6 Å². The fraction of sp³-hybridized carbons (Fsp3) is 0.200. The molecule has 0 saturated carbocycles. The minimum absolute atomic E-state index is 0.0739. The van der Waals surface area contributed by atoms with Gasteiger partial charge in [-0.05, 0) is 6.92 Å². The van der Waals surface area contributed by atoms with Crippen molar-refractivity contribution in [1.29, 1.82) is 0 Å². The van der Waals surface area contributed by atoms with Crippen LogP contribution in [0.4, 0.5) is 5.82 Å². The number of aromatic amines is 1. The number of hydrogen-bond donors (Lipinski definition) is 2. The van der Waals surface area contributed by atoms with Crippen LogP contribution in [0, 0.1) is 0 Å². The highest BCUT2D eigenvalue weighted by Crippen LogP contribution is 2.14. The number of rotatable bonds is 3. The molecular weight excluding hydrogens is 222 g/mol. The van der Waals surface area contributed by atoms with Crippen LogP contribution in [0.2, 0.25) is 0 Å². The van der Waals surface area contributed by atoms with Crippen molar-refractivity contribution in [3.8, 4) is 11.6 Å². The molecule has 7 nitrogen and oxygen atoms in total. The molecule has 0 radical (unpaired) electrons. The second-order valence-electron chi connectivity index (χ2n) is 3.15. The lowest BCUT2D eigenvalue weighted by Crippen LogP contribution is -2.10. The molecule has 0 atom stereocenters. The van der Waals surface area contributed by atoms with E-state index in [0.717, 1.165) is 0 Å². The number of aromatic nitrogens is 4. The number of carbonyl (C=O) groups excluding carboxylic acids is 1. The summed E-state index contributed by atoms with van der Waals surface area (Å²) in [7, 11) is 0. The van der Waals surface area contributed by atoms with Crippen LogP contribution in [-0.4, -0.2) is 32.5 Å². The number of nitrogen functional groups attached to an aromatic ring is 1. The third-order valence-electron chi connectivity index (χ3n) is 2.02. The summed E-state index contributed by atoms with van der Waals surface area (Å²) < 4.78 is 4.82. The molecule has 0 fully saturated rings. The molecule has 7 heteroatoms. The second-order valence-corrected chi connectivity index (χ2v) is 3.15. The Morgan fingerprint density at radius 2 is 2.35 bits per heavy atom. The van der Waals surface area contributed by atoms with E-state index in [0.29, 0.717) is 11.6 Å². The van der Waals surface area contributed by atoms with Crippen LogP contribution in [0.15, 0.2) is 18.6 Å². The summed E-state index contributed by atoms with van der Waals surface area (Å²) in [5.41, 5.74) is 5.82. The first-order valence-electron chi connectivity index (χ1n) is 5.01. The summed E-state index contributed by atoms with van der Waals surface area (Å²) in [4.78, 5) is 26.3. The number of nitrogens with one attached hydrogen (secondary N) is 1. The molecule has 0 saturated heterocycles. The van der Waals surface area contributed by atoms with Crippen molar-refractivity contribution in [2.45, 2.75) is 6.92 Å². The normalized spacial score (nSPS) is 10.2. The topological polar surface area (TPSA) is 107 Å². The van der Waals surface area contributed by atoms with Crippen LogP contribution in [-0.2, 0) is 4.74 Å².